The molecule has 3 aromatic carbocycles. The van der Waals surface area contributed by atoms with Crippen molar-refractivity contribution in [3.63, 3.8) is 0 Å². The average Bonchev–Trinajstić information content (AvgIpc) is 2.85. The summed E-state index contributed by atoms with van der Waals surface area (Å²) in [6.07, 6.45) is 1.26. The van der Waals surface area contributed by atoms with E-state index in [0.717, 1.165) is 23.1 Å². The SMILES string of the molecule is CCCNC(=O)[C@H](Cc1ccccc1)N(Cc1ccccc1)C(=O)COc1ccccc1C. The highest BCUT2D eigenvalue weighted by Crippen LogP contribution is 2.18. The second kappa shape index (κ2) is 12.4. The predicted molar refractivity (Wildman–Crippen MR) is 131 cm³/mol. The van der Waals surface area contributed by atoms with Gasteiger partial charge in [0.2, 0.25) is 5.91 Å². The van der Waals surface area contributed by atoms with Crippen LogP contribution in [0.4, 0.5) is 0 Å². The molecule has 2 amide bonds. The number of carbonyl (C=O) groups is 2. The number of hydrogen-bond acceptors (Lipinski definition) is 3. The van der Waals surface area contributed by atoms with Crippen molar-refractivity contribution in [2.75, 3.05) is 13.2 Å². The molecule has 0 radical (unpaired) electrons. The van der Waals surface area contributed by atoms with Crippen molar-refractivity contribution in [3.8, 4) is 5.75 Å². The molecule has 0 heterocycles. The summed E-state index contributed by atoms with van der Waals surface area (Å²) in [7, 11) is 0. The Balaban J connectivity index is 1.87. The molecule has 3 rings (SSSR count). The van der Waals surface area contributed by atoms with E-state index in [0.29, 0.717) is 25.3 Å². The smallest absolute Gasteiger partial charge is 0.261 e. The van der Waals surface area contributed by atoms with Crippen LogP contribution in [0.3, 0.4) is 0 Å². The van der Waals surface area contributed by atoms with Crippen molar-refractivity contribution >= 4 is 11.8 Å². The zero-order valence-electron chi connectivity index (χ0n) is 19.4. The number of hydrogen-bond donors (Lipinski definition) is 1. The molecule has 0 aliphatic heterocycles. The summed E-state index contributed by atoms with van der Waals surface area (Å²) in [5, 5.41) is 2.98. The number of rotatable bonds is 11. The normalized spacial score (nSPS) is 11.5. The van der Waals surface area contributed by atoms with Crippen LogP contribution >= 0.6 is 0 Å². The number of para-hydroxylation sites is 1. The largest absolute Gasteiger partial charge is 0.484 e. The minimum Gasteiger partial charge on any atom is -0.484 e. The molecular weight excluding hydrogens is 412 g/mol. The van der Waals surface area contributed by atoms with E-state index in [9.17, 15) is 9.59 Å². The molecule has 0 unspecified atom stereocenters. The van der Waals surface area contributed by atoms with Gasteiger partial charge in [-0.1, -0.05) is 85.8 Å². The number of nitrogens with one attached hydrogen (secondary N) is 1. The van der Waals surface area contributed by atoms with Gasteiger partial charge >= 0.3 is 0 Å². The van der Waals surface area contributed by atoms with E-state index in [4.69, 9.17) is 4.74 Å². The summed E-state index contributed by atoms with van der Waals surface area (Å²) < 4.78 is 5.86. The summed E-state index contributed by atoms with van der Waals surface area (Å²) in [6, 6.07) is 26.5. The molecule has 0 saturated carbocycles. The Morgan fingerprint density at radius 2 is 1.48 bits per heavy atom. The van der Waals surface area contributed by atoms with Gasteiger partial charge in [0.15, 0.2) is 6.61 Å². The number of ether oxygens (including phenoxy) is 1. The number of aryl methyl sites for hydroxylation is 1. The fourth-order valence-electron chi connectivity index (χ4n) is 3.64. The number of amides is 2. The van der Waals surface area contributed by atoms with E-state index >= 15 is 0 Å². The van der Waals surface area contributed by atoms with Crippen LogP contribution in [0.25, 0.3) is 0 Å². The molecule has 0 aromatic heterocycles. The minimum atomic E-state index is -0.646. The lowest BCUT2D eigenvalue weighted by atomic mass is 10.0. The quantitative estimate of drug-likeness (QED) is 0.472. The maximum atomic E-state index is 13.5. The molecule has 0 bridgehead atoms. The van der Waals surface area contributed by atoms with Gasteiger partial charge in [0.1, 0.15) is 11.8 Å². The maximum Gasteiger partial charge on any atom is 0.261 e. The molecule has 1 atom stereocenters. The molecular formula is C28H32N2O3. The molecule has 0 aliphatic carbocycles. The minimum absolute atomic E-state index is 0.135. The Kier molecular flexibility index (Phi) is 9.07. The number of carbonyl (C=O) groups excluding carboxylic acids is 2. The molecule has 0 saturated heterocycles. The summed E-state index contributed by atoms with van der Waals surface area (Å²) in [4.78, 5) is 28.3. The Hall–Kier alpha value is -3.60. The third-order valence-electron chi connectivity index (χ3n) is 5.46. The fourth-order valence-corrected chi connectivity index (χ4v) is 3.64. The molecule has 1 N–H and O–H groups in total. The molecule has 3 aromatic rings. The van der Waals surface area contributed by atoms with Crippen LogP contribution in [-0.4, -0.2) is 35.9 Å². The van der Waals surface area contributed by atoms with Crippen molar-refractivity contribution in [1.29, 1.82) is 0 Å². The van der Waals surface area contributed by atoms with Gasteiger partial charge in [0, 0.05) is 19.5 Å². The van der Waals surface area contributed by atoms with Gasteiger partial charge in [0.05, 0.1) is 0 Å². The molecule has 172 valence electrons. The van der Waals surface area contributed by atoms with Crippen LogP contribution in [0, 0.1) is 6.92 Å². The summed E-state index contributed by atoms with van der Waals surface area (Å²) in [6.45, 7) is 4.71. The first-order valence-corrected chi connectivity index (χ1v) is 11.4. The number of nitrogens with zero attached hydrogens (tertiary/aromatic N) is 1. The topological polar surface area (TPSA) is 58.6 Å². The summed E-state index contributed by atoms with van der Waals surface area (Å²) >= 11 is 0. The molecule has 0 aliphatic rings. The van der Waals surface area contributed by atoms with Crippen LogP contribution in [0.1, 0.15) is 30.0 Å². The van der Waals surface area contributed by atoms with Crippen LogP contribution in [0.2, 0.25) is 0 Å². The summed E-state index contributed by atoms with van der Waals surface area (Å²) in [5.74, 6) is 0.288. The second-order valence-corrected chi connectivity index (χ2v) is 8.06. The highest BCUT2D eigenvalue weighted by Gasteiger charge is 2.30. The fraction of sp³-hybridized carbons (Fsp3) is 0.286. The van der Waals surface area contributed by atoms with E-state index in [2.05, 4.69) is 5.32 Å². The van der Waals surface area contributed by atoms with Gasteiger partial charge in [-0.05, 0) is 36.1 Å². The highest BCUT2D eigenvalue weighted by atomic mass is 16.5. The van der Waals surface area contributed by atoms with Gasteiger partial charge in [-0.25, -0.2) is 0 Å². The Morgan fingerprint density at radius 1 is 0.879 bits per heavy atom. The van der Waals surface area contributed by atoms with E-state index in [-0.39, 0.29) is 18.4 Å². The van der Waals surface area contributed by atoms with Crippen molar-refractivity contribution < 1.29 is 14.3 Å². The van der Waals surface area contributed by atoms with Gasteiger partial charge < -0.3 is 15.0 Å². The van der Waals surface area contributed by atoms with E-state index < -0.39 is 6.04 Å². The number of benzene rings is 3. The van der Waals surface area contributed by atoms with Crippen molar-refractivity contribution in [1.82, 2.24) is 10.2 Å². The van der Waals surface area contributed by atoms with E-state index in [1.807, 2.05) is 98.8 Å². The molecule has 5 nitrogen and oxygen atoms in total. The van der Waals surface area contributed by atoms with Crippen LogP contribution in [-0.2, 0) is 22.6 Å². The maximum absolute atomic E-state index is 13.5. The molecule has 0 spiro atoms. The van der Waals surface area contributed by atoms with Crippen molar-refractivity contribution in [2.45, 2.75) is 39.3 Å². The van der Waals surface area contributed by atoms with Crippen LogP contribution in [0.15, 0.2) is 84.9 Å². The monoisotopic (exact) mass is 444 g/mol. The third-order valence-corrected chi connectivity index (χ3v) is 5.46. The zero-order chi connectivity index (χ0) is 23.5. The zero-order valence-corrected chi connectivity index (χ0v) is 19.4. The lowest BCUT2D eigenvalue weighted by Crippen LogP contribution is -2.51. The second-order valence-electron chi connectivity index (χ2n) is 8.06. The van der Waals surface area contributed by atoms with Crippen molar-refractivity contribution in [3.05, 3.63) is 102 Å². The lowest BCUT2D eigenvalue weighted by molar-refractivity contribution is -0.142. The molecule has 5 heteroatoms. The van der Waals surface area contributed by atoms with Gasteiger partial charge in [0.25, 0.3) is 5.91 Å². The molecule has 0 fully saturated rings. The van der Waals surface area contributed by atoms with Gasteiger partial charge in [-0.2, -0.15) is 0 Å². The van der Waals surface area contributed by atoms with E-state index in [1.54, 1.807) is 4.90 Å². The molecule has 33 heavy (non-hydrogen) atoms. The predicted octanol–water partition coefficient (Wildman–Crippen LogP) is 4.54. The Labute approximate surface area is 196 Å². The standard InChI is InChI=1S/C28H32N2O3/c1-3-18-29-28(32)25(19-23-13-6-4-7-14-23)30(20-24-15-8-5-9-16-24)27(31)21-33-26-17-11-10-12-22(26)2/h4-17,25H,3,18-21H2,1-2H3,(H,29,32)/t25-/m0/s1. The lowest BCUT2D eigenvalue weighted by Gasteiger charge is -2.31. The van der Waals surface area contributed by atoms with E-state index in [1.165, 1.54) is 0 Å². The Bertz CT molecular complexity index is 1020. The summed E-state index contributed by atoms with van der Waals surface area (Å²) in [5.41, 5.74) is 2.92. The Morgan fingerprint density at radius 3 is 2.12 bits per heavy atom. The first-order valence-electron chi connectivity index (χ1n) is 11.4. The average molecular weight is 445 g/mol. The highest BCUT2D eigenvalue weighted by molar-refractivity contribution is 5.88. The van der Waals surface area contributed by atoms with Gasteiger partial charge in [-0.3, -0.25) is 9.59 Å². The van der Waals surface area contributed by atoms with Crippen molar-refractivity contribution in [2.24, 2.45) is 0 Å². The van der Waals surface area contributed by atoms with Crippen LogP contribution in [0.5, 0.6) is 5.75 Å². The first kappa shape index (κ1) is 24.1. The van der Waals surface area contributed by atoms with Gasteiger partial charge in [-0.15, -0.1) is 0 Å². The third kappa shape index (κ3) is 7.21. The first-order chi connectivity index (χ1) is 16.1. The van der Waals surface area contributed by atoms with Crippen LogP contribution < -0.4 is 10.1 Å².